The molecule has 2 aliphatic heterocycles. The van der Waals surface area contributed by atoms with Crippen LogP contribution in [0.15, 0.2) is 48.5 Å². The molecule has 0 unspecified atom stereocenters. The molecule has 0 fully saturated rings. The number of imide groups is 2. The van der Waals surface area contributed by atoms with Gasteiger partial charge in [0, 0.05) is 13.1 Å². The highest BCUT2D eigenvalue weighted by Gasteiger charge is 2.36. The van der Waals surface area contributed by atoms with Crippen molar-refractivity contribution in [3.8, 4) is 0 Å². The molecule has 0 saturated heterocycles. The number of hydrogen-bond donors (Lipinski definition) is 2. The summed E-state index contributed by atoms with van der Waals surface area (Å²) in [6.45, 7) is 2.92. The fourth-order valence-electron chi connectivity index (χ4n) is 3.57. The quantitative estimate of drug-likeness (QED) is 0.379. The van der Waals surface area contributed by atoms with Gasteiger partial charge in [0.05, 0.1) is 61.8 Å². The van der Waals surface area contributed by atoms with E-state index < -0.39 is 0 Å². The van der Waals surface area contributed by atoms with Gasteiger partial charge in [0.2, 0.25) is 0 Å². The van der Waals surface area contributed by atoms with Crippen molar-refractivity contribution in [2.45, 2.75) is 0 Å². The molecule has 180 valence electrons. The zero-order valence-corrected chi connectivity index (χ0v) is 18.8. The van der Waals surface area contributed by atoms with Crippen LogP contribution in [0.5, 0.6) is 0 Å². The summed E-state index contributed by atoms with van der Waals surface area (Å²) in [7, 11) is 0. The van der Waals surface area contributed by atoms with E-state index in [4.69, 9.17) is 20.9 Å². The van der Waals surface area contributed by atoms with Gasteiger partial charge in [-0.1, -0.05) is 24.3 Å². The van der Waals surface area contributed by atoms with Crippen molar-refractivity contribution in [1.82, 2.24) is 9.80 Å². The lowest BCUT2D eigenvalue weighted by Gasteiger charge is -2.16. The van der Waals surface area contributed by atoms with E-state index in [0.29, 0.717) is 48.6 Å². The van der Waals surface area contributed by atoms with Crippen LogP contribution in [0.2, 0.25) is 0 Å². The Hall–Kier alpha value is -3.44. The smallest absolute Gasteiger partial charge is 0.261 e. The monoisotopic (exact) mass is 468 g/mol. The van der Waals surface area contributed by atoms with E-state index in [1.807, 2.05) is 0 Å². The maximum Gasteiger partial charge on any atom is 0.261 e. The predicted octanol–water partition coefficient (Wildman–Crippen LogP) is 0.516. The molecule has 0 bridgehead atoms. The van der Waals surface area contributed by atoms with E-state index in [0.717, 1.165) is 9.80 Å². The van der Waals surface area contributed by atoms with Crippen LogP contribution >= 0.6 is 0 Å². The lowest BCUT2D eigenvalue weighted by Crippen LogP contribution is -2.35. The third-order valence-electron chi connectivity index (χ3n) is 5.20. The van der Waals surface area contributed by atoms with Gasteiger partial charge in [0.25, 0.3) is 23.6 Å². The highest BCUT2D eigenvalue weighted by molar-refractivity contribution is 6.22. The molecule has 0 saturated carbocycles. The van der Waals surface area contributed by atoms with Gasteiger partial charge in [0.1, 0.15) is 0 Å². The minimum absolute atomic E-state index is 0.120. The first-order valence-electron chi connectivity index (χ1n) is 11.0. The van der Waals surface area contributed by atoms with Crippen LogP contribution in [-0.4, -0.2) is 86.0 Å². The number of hydrogen-bond acceptors (Lipinski definition) is 8. The molecule has 2 aliphatic rings. The SMILES string of the molecule is NCCOCCN.O=C1c2ccccc2C(=O)N1CCOCCN1C(=O)c2ccccc2C1=O. The molecule has 2 heterocycles. The lowest BCUT2D eigenvalue weighted by molar-refractivity contribution is 0.0495. The van der Waals surface area contributed by atoms with Gasteiger partial charge < -0.3 is 20.9 Å². The Balaban J connectivity index is 0.000000406. The van der Waals surface area contributed by atoms with Gasteiger partial charge in [0.15, 0.2) is 0 Å². The van der Waals surface area contributed by atoms with Crippen molar-refractivity contribution in [1.29, 1.82) is 0 Å². The molecule has 10 heteroatoms. The van der Waals surface area contributed by atoms with Crippen LogP contribution < -0.4 is 11.5 Å². The third kappa shape index (κ3) is 5.54. The van der Waals surface area contributed by atoms with Crippen molar-refractivity contribution in [2.75, 3.05) is 52.6 Å². The van der Waals surface area contributed by atoms with Crippen LogP contribution in [0.25, 0.3) is 0 Å². The van der Waals surface area contributed by atoms with Crippen LogP contribution in [0.4, 0.5) is 0 Å². The largest absolute Gasteiger partial charge is 0.379 e. The van der Waals surface area contributed by atoms with Crippen molar-refractivity contribution in [2.24, 2.45) is 11.5 Å². The molecule has 2 aromatic rings. The average molecular weight is 469 g/mol. The fraction of sp³-hybridized carbons (Fsp3) is 0.333. The highest BCUT2D eigenvalue weighted by atomic mass is 16.5. The second kappa shape index (κ2) is 12.1. The Labute approximate surface area is 197 Å². The number of nitrogens with two attached hydrogens (primary N) is 2. The first-order chi connectivity index (χ1) is 16.5. The summed E-state index contributed by atoms with van der Waals surface area (Å²) in [5.74, 6) is -1.34. The minimum Gasteiger partial charge on any atom is -0.379 e. The summed E-state index contributed by atoms with van der Waals surface area (Å²) >= 11 is 0. The number of carbonyl (C=O) groups is 4. The Bertz CT molecular complexity index is 906. The molecule has 34 heavy (non-hydrogen) atoms. The normalized spacial score (nSPS) is 14.3. The number of amides is 4. The van der Waals surface area contributed by atoms with E-state index in [-0.39, 0.29) is 49.9 Å². The Morgan fingerprint density at radius 1 is 0.529 bits per heavy atom. The fourth-order valence-corrected chi connectivity index (χ4v) is 3.57. The van der Waals surface area contributed by atoms with Crippen LogP contribution in [0, 0.1) is 0 Å². The lowest BCUT2D eigenvalue weighted by atomic mass is 10.1. The topological polar surface area (TPSA) is 145 Å². The van der Waals surface area contributed by atoms with Crippen LogP contribution in [-0.2, 0) is 9.47 Å². The van der Waals surface area contributed by atoms with Crippen LogP contribution in [0.1, 0.15) is 41.4 Å². The third-order valence-corrected chi connectivity index (χ3v) is 5.20. The summed E-state index contributed by atoms with van der Waals surface area (Å²) in [6.07, 6.45) is 0. The number of nitrogens with zero attached hydrogens (tertiary/aromatic N) is 2. The zero-order valence-electron chi connectivity index (χ0n) is 18.8. The second-order valence-corrected chi connectivity index (χ2v) is 7.42. The minimum atomic E-state index is -0.334. The summed E-state index contributed by atoms with van der Waals surface area (Å²) < 4.78 is 10.3. The Morgan fingerprint density at radius 2 is 0.824 bits per heavy atom. The first-order valence-corrected chi connectivity index (χ1v) is 11.0. The molecule has 0 aliphatic carbocycles. The van der Waals surface area contributed by atoms with Gasteiger partial charge in [-0.15, -0.1) is 0 Å². The van der Waals surface area contributed by atoms with E-state index in [1.54, 1.807) is 48.5 Å². The number of fused-ring (bicyclic) bond motifs is 2. The van der Waals surface area contributed by atoms with Gasteiger partial charge in [-0.25, -0.2) is 0 Å². The molecular weight excluding hydrogens is 440 g/mol. The second-order valence-electron chi connectivity index (χ2n) is 7.42. The molecule has 4 N–H and O–H groups in total. The molecule has 2 aromatic carbocycles. The van der Waals surface area contributed by atoms with Crippen molar-refractivity contribution in [3.63, 3.8) is 0 Å². The standard InChI is InChI=1S/C20H16N2O5.C4H12N2O/c23-17-13-5-1-2-6-14(13)18(24)21(17)9-11-27-12-10-22-19(25)15-7-3-4-8-16(15)20(22)26;5-1-3-7-4-2-6/h1-8H,9-12H2;1-6H2. The van der Waals surface area contributed by atoms with Gasteiger partial charge in [-0.2, -0.15) is 0 Å². The maximum atomic E-state index is 12.2. The molecular formula is C24H28N4O6. The molecule has 0 radical (unpaired) electrons. The van der Waals surface area contributed by atoms with E-state index in [1.165, 1.54) is 0 Å². The molecule has 0 aromatic heterocycles. The number of carbonyl (C=O) groups excluding carboxylic acids is 4. The van der Waals surface area contributed by atoms with Gasteiger partial charge in [-0.3, -0.25) is 29.0 Å². The van der Waals surface area contributed by atoms with Crippen molar-refractivity contribution >= 4 is 23.6 Å². The van der Waals surface area contributed by atoms with Crippen molar-refractivity contribution < 1.29 is 28.7 Å². The summed E-state index contributed by atoms with van der Waals surface area (Å²) in [5, 5.41) is 0. The number of benzene rings is 2. The molecule has 4 rings (SSSR count). The van der Waals surface area contributed by atoms with Gasteiger partial charge in [-0.05, 0) is 24.3 Å². The summed E-state index contributed by atoms with van der Waals surface area (Å²) in [5.41, 5.74) is 11.8. The van der Waals surface area contributed by atoms with Crippen LogP contribution in [0.3, 0.4) is 0 Å². The Morgan fingerprint density at radius 3 is 1.12 bits per heavy atom. The van der Waals surface area contributed by atoms with E-state index in [2.05, 4.69) is 0 Å². The number of rotatable bonds is 10. The van der Waals surface area contributed by atoms with E-state index in [9.17, 15) is 19.2 Å². The average Bonchev–Trinajstić information content (AvgIpc) is 3.25. The number of ether oxygens (including phenoxy) is 2. The Kier molecular flexibility index (Phi) is 9.00. The maximum absolute atomic E-state index is 12.2. The van der Waals surface area contributed by atoms with Crippen molar-refractivity contribution in [3.05, 3.63) is 70.8 Å². The first kappa shape index (κ1) is 25.2. The molecule has 10 nitrogen and oxygen atoms in total. The highest BCUT2D eigenvalue weighted by Crippen LogP contribution is 2.23. The van der Waals surface area contributed by atoms with Gasteiger partial charge >= 0.3 is 0 Å². The predicted molar refractivity (Wildman–Crippen MR) is 123 cm³/mol. The molecule has 0 atom stereocenters. The molecule has 0 spiro atoms. The summed E-state index contributed by atoms with van der Waals surface area (Å²) in [4.78, 5) is 51.3. The zero-order chi connectivity index (χ0) is 24.5. The molecule has 4 amide bonds. The van der Waals surface area contributed by atoms with E-state index >= 15 is 0 Å². The summed E-state index contributed by atoms with van der Waals surface area (Å²) in [6, 6.07) is 13.4.